The minimum absolute atomic E-state index is 0.0596. The predicted octanol–water partition coefficient (Wildman–Crippen LogP) is 3.46. The highest BCUT2D eigenvalue weighted by atomic mass is 127. The molecule has 0 atom stereocenters. The molecule has 0 aromatic heterocycles. The molecule has 1 N–H and O–H groups in total. The number of hydrogen-bond acceptors (Lipinski definition) is 4. The van der Waals surface area contributed by atoms with Crippen molar-refractivity contribution in [3.05, 3.63) is 61.7 Å². The number of halogens is 1. The quantitative estimate of drug-likeness (QED) is 0.346. The largest absolute Gasteiger partial charge is 0.481 e. The van der Waals surface area contributed by atoms with E-state index in [9.17, 15) is 14.9 Å². The van der Waals surface area contributed by atoms with Crippen molar-refractivity contribution in [3.63, 3.8) is 0 Å². The zero-order valence-corrected chi connectivity index (χ0v) is 13.9. The van der Waals surface area contributed by atoms with E-state index in [1.54, 1.807) is 24.3 Å². The van der Waals surface area contributed by atoms with Gasteiger partial charge in [0.1, 0.15) is 12.4 Å². The number of hydrogen-bond donors (Lipinski definition) is 1. The fourth-order valence-electron chi connectivity index (χ4n) is 1.79. The first kappa shape index (κ1) is 16.8. The van der Waals surface area contributed by atoms with E-state index in [1.165, 1.54) is 18.2 Å². The highest BCUT2D eigenvalue weighted by molar-refractivity contribution is 14.1. The lowest BCUT2D eigenvalue weighted by Crippen LogP contribution is -2.13. The van der Waals surface area contributed by atoms with E-state index in [4.69, 9.17) is 11.2 Å². The molecule has 2 aromatic carbocycles. The minimum atomic E-state index is -0.504. The molecule has 2 aromatic rings. The summed E-state index contributed by atoms with van der Waals surface area (Å²) in [4.78, 5) is 22.5. The van der Waals surface area contributed by atoms with Crippen molar-refractivity contribution in [2.45, 2.75) is 0 Å². The second-order valence-electron chi connectivity index (χ2n) is 4.40. The lowest BCUT2D eigenvalue weighted by molar-refractivity contribution is -0.384. The van der Waals surface area contributed by atoms with Crippen LogP contribution in [-0.4, -0.2) is 17.4 Å². The Labute approximate surface area is 146 Å². The SMILES string of the molecule is C#CCOc1cccc(NC(=O)c2ccc([N+](=O)[O-])cc2I)c1. The molecular weight excluding hydrogens is 411 g/mol. The molecule has 1 amide bonds. The maximum absolute atomic E-state index is 12.3. The number of nitro benzene ring substituents is 1. The third-order valence-corrected chi connectivity index (χ3v) is 3.71. The molecule has 0 aliphatic carbocycles. The highest BCUT2D eigenvalue weighted by Crippen LogP contribution is 2.22. The summed E-state index contributed by atoms with van der Waals surface area (Å²) in [5.41, 5.74) is 0.834. The first-order valence-electron chi connectivity index (χ1n) is 6.43. The van der Waals surface area contributed by atoms with Crippen LogP contribution in [0, 0.1) is 26.0 Å². The number of carbonyl (C=O) groups is 1. The number of terminal acetylenes is 1. The molecule has 7 heteroatoms. The van der Waals surface area contributed by atoms with Gasteiger partial charge in [-0.1, -0.05) is 12.0 Å². The average Bonchev–Trinajstić information content (AvgIpc) is 2.53. The van der Waals surface area contributed by atoms with Crippen LogP contribution in [0.4, 0.5) is 11.4 Å². The van der Waals surface area contributed by atoms with Gasteiger partial charge in [0.2, 0.25) is 0 Å². The van der Waals surface area contributed by atoms with Crippen LogP contribution in [0.15, 0.2) is 42.5 Å². The molecule has 0 saturated heterocycles. The third-order valence-electron chi connectivity index (χ3n) is 2.82. The van der Waals surface area contributed by atoms with E-state index in [1.807, 2.05) is 22.6 Å². The van der Waals surface area contributed by atoms with E-state index in [0.717, 1.165) is 0 Å². The molecule has 0 fully saturated rings. The van der Waals surface area contributed by atoms with Crippen molar-refractivity contribution < 1.29 is 14.5 Å². The molecule has 0 bridgehead atoms. The molecule has 0 radical (unpaired) electrons. The van der Waals surface area contributed by atoms with Crippen LogP contribution in [0.5, 0.6) is 5.75 Å². The Kier molecular flexibility index (Phi) is 5.54. The summed E-state index contributed by atoms with van der Waals surface area (Å²) in [6, 6.07) is 10.9. The average molecular weight is 422 g/mol. The molecule has 0 heterocycles. The summed E-state index contributed by atoms with van der Waals surface area (Å²) < 4.78 is 5.78. The summed E-state index contributed by atoms with van der Waals surface area (Å²) in [6.45, 7) is 0.137. The standard InChI is InChI=1S/C16H11IN2O4/c1-2-8-23-13-5-3-4-11(9-13)18-16(20)14-7-6-12(19(21)22)10-15(14)17/h1,3-7,9-10H,8H2,(H,18,20). The normalized spacial score (nSPS) is 9.74. The number of nitrogens with one attached hydrogen (secondary N) is 1. The van der Waals surface area contributed by atoms with Gasteiger partial charge in [-0.2, -0.15) is 0 Å². The van der Waals surface area contributed by atoms with Crippen LogP contribution in [0.3, 0.4) is 0 Å². The molecule has 0 aliphatic rings. The van der Waals surface area contributed by atoms with Crippen molar-refractivity contribution in [2.24, 2.45) is 0 Å². The first-order valence-corrected chi connectivity index (χ1v) is 7.51. The molecule has 0 spiro atoms. The number of ether oxygens (including phenoxy) is 1. The van der Waals surface area contributed by atoms with Gasteiger partial charge in [-0.3, -0.25) is 14.9 Å². The first-order chi connectivity index (χ1) is 11.0. The summed E-state index contributed by atoms with van der Waals surface area (Å²) >= 11 is 1.89. The number of nitrogens with zero attached hydrogens (tertiary/aromatic N) is 1. The van der Waals surface area contributed by atoms with Gasteiger partial charge < -0.3 is 10.1 Å². The third kappa shape index (κ3) is 4.43. The van der Waals surface area contributed by atoms with Crippen molar-refractivity contribution in [1.29, 1.82) is 0 Å². The molecular formula is C16H11IN2O4. The van der Waals surface area contributed by atoms with E-state index >= 15 is 0 Å². The fraction of sp³-hybridized carbons (Fsp3) is 0.0625. The Morgan fingerprint density at radius 1 is 1.35 bits per heavy atom. The minimum Gasteiger partial charge on any atom is -0.481 e. The van der Waals surface area contributed by atoms with Crippen LogP contribution in [-0.2, 0) is 0 Å². The van der Waals surface area contributed by atoms with E-state index in [0.29, 0.717) is 20.6 Å². The Hall–Kier alpha value is -2.60. The van der Waals surface area contributed by atoms with Crippen molar-refractivity contribution in [3.8, 4) is 18.1 Å². The van der Waals surface area contributed by atoms with Crippen molar-refractivity contribution in [2.75, 3.05) is 11.9 Å². The van der Waals surface area contributed by atoms with E-state index in [2.05, 4.69) is 11.2 Å². The van der Waals surface area contributed by atoms with Gasteiger partial charge in [-0.25, -0.2) is 0 Å². The van der Waals surface area contributed by atoms with Crippen molar-refractivity contribution >= 4 is 39.9 Å². The molecule has 116 valence electrons. The summed E-state index contributed by atoms with van der Waals surface area (Å²) in [5.74, 6) is 2.54. The highest BCUT2D eigenvalue weighted by Gasteiger charge is 2.14. The van der Waals surface area contributed by atoms with Gasteiger partial charge in [-0.15, -0.1) is 6.42 Å². The predicted molar refractivity (Wildman–Crippen MR) is 94.5 cm³/mol. The van der Waals surface area contributed by atoms with Crippen LogP contribution in [0.25, 0.3) is 0 Å². The number of amides is 1. The van der Waals surface area contributed by atoms with Crippen molar-refractivity contribution in [1.82, 2.24) is 0 Å². The Bertz CT molecular complexity index is 799. The number of nitro groups is 1. The van der Waals surface area contributed by atoms with Crippen LogP contribution in [0.2, 0.25) is 0 Å². The topological polar surface area (TPSA) is 81.5 Å². The van der Waals surface area contributed by atoms with Gasteiger partial charge in [0.15, 0.2) is 0 Å². The zero-order chi connectivity index (χ0) is 16.8. The number of carbonyl (C=O) groups excluding carboxylic acids is 1. The maximum atomic E-state index is 12.3. The molecule has 23 heavy (non-hydrogen) atoms. The fourth-order valence-corrected chi connectivity index (χ4v) is 2.53. The Morgan fingerprint density at radius 2 is 2.13 bits per heavy atom. The summed E-state index contributed by atoms with van der Waals surface area (Å²) in [7, 11) is 0. The number of anilines is 1. The van der Waals surface area contributed by atoms with Gasteiger partial charge >= 0.3 is 0 Å². The van der Waals surface area contributed by atoms with E-state index < -0.39 is 4.92 Å². The Balaban J connectivity index is 2.16. The Morgan fingerprint density at radius 3 is 2.78 bits per heavy atom. The van der Waals surface area contributed by atoms with Crippen LogP contribution >= 0.6 is 22.6 Å². The van der Waals surface area contributed by atoms with Crippen LogP contribution < -0.4 is 10.1 Å². The van der Waals surface area contributed by atoms with Gasteiger partial charge in [-0.05, 0) is 40.8 Å². The number of benzene rings is 2. The lowest BCUT2D eigenvalue weighted by atomic mass is 10.2. The van der Waals surface area contributed by atoms with Crippen LogP contribution in [0.1, 0.15) is 10.4 Å². The van der Waals surface area contributed by atoms with Gasteiger partial charge in [0.25, 0.3) is 11.6 Å². The summed E-state index contributed by atoms with van der Waals surface area (Å²) in [5, 5.41) is 13.4. The molecule has 2 rings (SSSR count). The monoisotopic (exact) mass is 422 g/mol. The molecule has 0 aliphatic heterocycles. The molecule has 0 unspecified atom stereocenters. The second kappa shape index (κ2) is 7.60. The molecule has 6 nitrogen and oxygen atoms in total. The van der Waals surface area contributed by atoms with E-state index in [-0.39, 0.29) is 18.2 Å². The number of non-ortho nitro benzene ring substituents is 1. The lowest BCUT2D eigenvalue weighted by Gasteiger charge is -2.09. The van der Waals surface area contributed by atoms with Gasteiger partial charge in [0.05, 0.1) is 10.5 Å². The zero-order valence-electron chi connectivity index (χ0n) is 11.8. The smallest absolute Gasteiger partial charge is 0.270 e. The summed E-state index contributed by atoms with van der Waals surface area (Å²) in [6.07, 6.45) is 5.13. The maximum Gasteiger partial charge on any atom is 0.270 e. The van der Waals surface area contributed by atoms with Gasteiger partial charge in [0, 0.05) is 27.5 Å². The number of rotatable bonds is 5. The second-order valence-corrected chi connectivity index (χ2v) is 5.56. The molecule has 0 saturated carbocycles.